The Morgan fingerprint density at radius 2 is 2.67 bits per heavy atom. The highest BCUT2D eigenvalue weighted by Crippen LogP contribution is 2.17. The second-order valence-corrected chi connectivity index (χ2v) is 1.93. The van der Waals surface area contributed by atoms with E-state index in [2.05, 4.69) is 0 Å². The lowest BCUT2D eigenvalue weighted by atomic mass is 10.1. The van der Waals surface area contributed by atoms with E-state index in [0.29, 0.717) is 0 Å². The molecule has 0 saturated carbocycles. The summed E-state index contributed by atoms with van der Waals surface area (Å²) in [5, 5.41) is 21.0. The largest absolute Gasteiger partial charge is 0.508 e. The lowest BCUT2D eigenvalue weighted by Gasteiger charge is -2.09. The van der Waals surface area contributed by atoms with E-state index in [4.69, 9.17) is 12.3 Å². The highest BCUT2D eigenvalue weighted by atomic mass is 16.3. The number of benzene rings is 1. The summed E-state index contributed by atoms with van der Waals surface area (Å²) in [6.45, 7) is -5.88. The predicted molar refractivity (Wildman–Crippen MR) is 47.0 cm³/mol. The zero-order valence-electron chi connectivity index (χ0n) is 15.0. The molecule has 0 fully saturated rings. The van der Waals surface area contributed by atoms with Gasteiger partial charge in [-0.1, -0.05) is 12.1 Å². The first-order chi connectivity index (χ1) is 9.29. The summed E-state index contributed by atoms with van der Waals surface area (Å²) in [6.07, 6.45) is -2.30. The zero-order valence-corrected chi connectivity index (χ0v) is 5.97. The van der Waals surface area contributed by atoms with Crippen LogP contribution in [0.5, 0.6) is 5.75 Å². The Balaban J connectivity index is 3.41. The fourth-order valence-corrected chi connectivity index (χ4v) is 0.625. The lowest BCUT2D eigenvalue weighted by Crippen LogP contribution is -2.16. The molecule has 0 aliphatic heterocycles. The molecule has 0 radical (unpaired) electrons. The van der Waals surface area contributed by atoms with Gasteiger partial charge in [0.1, 0.15) is 5.75 Å². The van der Waals surface area contributed by atoms with Crippen molar-refractivity contribution < 1.29 is 22.5 Å². The first-order valence-corrected chi connectivity index (χ1v) is 3.06. The van der Waals surface area contributed by atoms with Crippen LogP contribution in [0.3, 0.4) is 0 Å². The summed E-state index contributed by atoms with van der Waals surface area (Å²) in [5.74, 6) is -0.991. The van der Waals surface area contributed by atoms with Crippen molar-refractivity contribution in [2.75, 3.05) is 13.5 Å². The standard InChI is InChI=1S/C9H13NO2/c1-10-6-9(12)7-3-2-4-8(11)5-7/h2-5,9-12H,6H2,1H3/t9-/m1/s1/i1D3,2D,3D,4D,5D,6D2. The molecule has 1 rings (SSSR count). The van der Waals surface area contributed by atoms with Crippen molar-refractivity contribution in [2.24, 2.45) is 0 Å². The molecule has 0 bridgehead atoms. The number of hydrogen-bond donors (Lipinski definition) is 3. The van der Waals surface area contributed by atoms with Crippen LogP contribution in [0.2, 0.25) is 0 Å². The van der Waals surface area contributed by atoms with Gasteiger partial charge in [-0.05, 0) is 24.6 Å². The molecule has 1 aromatic rings. The topological polar surface area (TPSA) is 52.5 Å². The van der Waals surface area contributed by atoms with Crippen LogP contribution in [0.15, 0.2) is 24.2 Å². The fraction of sp³-hybridized carbons (Fsp3) is 0.333. The van der Waals surface area contributed by atoms with Crippen molar-refractivity contribution in [3.05, 3.63) is 29.7 Å². The van der Waals surface area contributed by atoms with Crippen LogP contribution in [0.25, 0.3) is 0 Å². The van der Waals surface area contributed by atoms with E-state index < -0.39 is 55.1 Å². The van der Waals surface area contributed by atoms with Gasteiger partial charge >= 0.3 is 0 Å². The first kappa shape index (κ1) is 2.72. The number of hydrogen-bond acceptors (Lipinski definition) is 3. The molecule has 66 valence electrons. The maximum Gasteiger partial charge on any atom is 0.115 e. The minimum Gasteiger partial charge on any atom is -0.508 e. The monoisotopic (exact) mass is 176 g/mol. The van der Waals surface area contributed by atoms with E-state index in [-0.39, 0.29) is 0 Å². The SMILES string of the molecule is [2H]c1c([2H])c(O)c([2H])c([C@H](O)C([2H])([2H])NC([2H])([2H])[2H])c1[2H]. The van der Waals surface area contributed by atoms with Crippen molar-refractivity contribution in [2.45, 2.75) is 6.10 Å². The van der Waals surface area contributed by atoms with Crippen molar-refractivity contribution in [1.82, 2.24) is 5.32 Å². The second kappa shape index (κ2) is 4.09. The third-order valence-corrected chi connectivity index (χ3v) is 1.11. The molecule has 1 aromatic carbocycles. The summed E-state index contributed by atoms with van der Waals surface area (Å²) in [5.41, 5.74) is -0.768. The molecule has 0 heterocycles. The third-order valence-electron chi connectivity index (χ3n) is 1.11. The average molecular weight is 176 g/mol. The Kier molecular flexibility index (Phi) is 0.926. The van der Waals surface area contributed by atoms with Gasteiger partial charge in [0.25, 0.3) is 0 Å². The molecule has 0 aromatic heterocycles. The average Bonchev–Trinajstić information content (AvgIpc) is 2.31. The number of aliphatic hydroxyl groups excluding tert-OH is 1. The molecule has 0 aliphatic carbocycles. The highest BCUT2D eigenvalue weighted by Gasteiger charge is 2.05. The fourth-order valence-electron chi connectivity index (χ4n) is 0.625. The number of rotatable bonds is 3. The van der Waals surface area contributed by atoms with Crippen LogP contribution in [-0.2, 0) is 0 Å². The Morgan fingerprint density at radius 3 is 3.42 bits per heavy atom. The van der Waals surface area contributed by atoms with E-state index in [1.807, 2.05) is 0 Å². The number of phenolic OH excluding ortho intramolecular Hbond substituents is 1. The maximum atomic E-state index is 9.93. The van der Waals surface area contributed by atoms with Crippen LogP contribution >= 0.6 is 0 Å². The zero-order chi connectivity index (χ0) is 16.7. The van der Waals surface area contributed by atoms with Crippen molar-refractivity contribution in [3.8, 4) is 5.75 Å². The molecule has 3 heteroatoms. The third kappa shape index (κ3) is 2.22. The van der Waals surface area contributed by atoms with Crippen LogP contribution in [-0.4, -0.2) is 23.7 Å². The minimum atomic E-state index is -2.95. The Morgan fingerprint density at radius 1 is 1.83 bits per heavy atom. The summed E-state index contributed by atoms with van der Waals surface area (Å²) in [6, 6.07) is -3.33. The molecule has 1 atom stereocenters. The van der Waals surface area contributed by atoms with E-state index in [0.717, 1.165) is 0 Å². The first-order valence-electron chi connectivity index (χ1n) is 7.56. The smallest absolute Gasteiger partial charge is 0.115 e. The maximum absolute atomic E-state index is 9.93. The van der Waals surface area contributed by atoms with Crippen LogP contribution in [0, 0.1) is 0 Å². The quantitative estimate of drug-likeness (QED) is 0.633. The van der Waals surface area contributed by atoms with Crippen molar-refractivity contribution in [3.63, 3.8) is 0 Å². The predicted octanol–water partition coefficient (Wildman–Crippen LogP) is 0.645. The second-order valence-electron chi connectivity index (χ2n) is 1.93. The van der Waals surface area contributed by atoms with Crippen molar-refractivity contribution >= 4 is 0 Å². The van der Waals surface area contributed by atoms with Gasteiger partial charge in [-0.2, -0.15) is 0 Å². The molecule has 0 saturated heterocycles. The Bertz CT molecular complexity index is 528. The van der Waals surface area contributed by atoms with Gasteiger partial charge in [-0.15, -0.1) is 0 Å². The number of aliphatic hydroxyl groups is 1. The van der Waals surface area contributed by atoms with E-state index in [1.54, 1.807) is 0 Å². The van der Waals surface area contributed by atoms with Gasteiger partial charge in [-0.3, -0.25) is 0 Å². The van der Waals surface area contributed by atoms with Gasteiger partial charge in [0.2, 0.25) is 0 Å². The number of nitrogens with one attached hydrogen (secondary N) is 1. The molecular weight excluding hydrogens is 154 g/mol. The highest BCUT2D eigenvalue weighted by molar-refractivity contribution is 5.28. The molecule has 3 nitrogen and oxygen atoms in total. The molecular formula is C9H13NO2. The summed E-state index contributed by atoms with van der Waals surface area (Å²) in [7, 11) is 0. The normalized spacial score (nSPS) is 25.9. The van der Waals surface area contributed by atoms with E-state index in [1.165, 1.54) is 5.32 Å². The Hall–Kier alpha value is -1.06. The minimum absolute atomic E-state index is 0.768. The molecule has 0 aliphatic rings. The molecule has 12 heavy (non-hydrogen) atoms. The van der Waals surface area contributed by atoms with Gasteiger partial charge in [0.05, 0.1) is 11.6 Å². The molecule has 0 amide bonds. The van der Waals surface area contributed by atoms with Gasteiger partial charge < -0.3 is 15.5 Å². The van der Waals surface area contributed by atoms with Gasteiger partial charge in [-0.25, -0.2) is 0 Å². The summed E-state index contributed by atoms with van der Waals surface area (Å²) >= 11 is 0. The number of aromatic hydroxyl groups is 1. The van der Waals surface area contributed by atoms with E-state index in [9.17, 15) is 10.2 Å². The van der Waals surface area contributed by atoms with Crippen LogP contribution in [0.1, 0.15) is 24.0 Å². The summed E-state index contributed by atoms with van der Waals surface area (Å²) in [4.78, 5) is 0. The summed E-state index contributed by atoms with van der Waals surface area (Å²) < 4.78 is 65.6. The van der Waals surface area contributed by atoms with Crippen LogP contribution < -0.4 is 5.32 Å². The molecule has 0 spiro atoms. The van der Waals surface area contributed by atoms with Crippen LogP contribution in [0.4, 0.5) is 0 Å². The Labute approximate surface area is 84.3 Å². The number of likely N-dealkylation sites (N-methyl/N-ethyl adjacent to an activating group) is 1. The molecule has 0 unspecified atom stereocenters. The van der Waals surface area contributed by atoms with Gasteiger partial charge in [0, 0.05) is 13.4 Å². The number of phenols is 1. The lowest BCUT2D eigenvalue weighted by molar-refractivity contribution is 0.177. The van der Waals surface area contributed by atoms with Crippen molar-refractivity contribution in [1.29, 1.82) is 0 Å². The molecule has 3 N–H and O–H groups in total. The van der Waals surface area contributed by atoms with Gasteiger partial charge in [0.15, 0.2) is 0 Å². The van der Waals surface area contributed by atoms with E-state index >= 15 is 0 Å².